The van der Waals surface area contributed by atoms with E-state index < -0.39 is 0 Å². The Morgan fingerprint density at radius 3 is 2.67 bits per heavy atom. The molecule has 0 spiro atoms. The van der Waals surface area contributed by atoms with E-state index in [0.29, 0.717) is 18.2 Å². The Kier molecular flexibility index (Phi) is 3.39. The quantitative estimate of drug-likeness (QED) is 0.857. The Morgan fingerprint density at radius 1 is 1.28 bits per heavy atom. The van der Waals surface area contributed by atoms with Gasteiger partial charge in [0.1, 0.15) is 17.5 Å². The third-order valence-corrected chi connectivity index (χ3v) is 2.36. The van der Waals surface area contributed by atoms with E-state index in [2.05, 4.69) is 15.3 Å². The third kappa shape index (κ3) is 2.95. The summed E-state index contributed by atoms with van der Waals surface area (Å²) in [5.74, 6) is 0.664. The minimum absolute atomic E-state index is 0.234. The minimum atomic E-state index is 0.234. The lowest BCUT2D eigenvalue weighted by Crippen LogP contribution is -2.05. The first-order chi connectivity index (χ1) is 8.67. The molecular formula is C13H12N4O. The van der Waals surface area contributed by atoms with Crippen LogP contribution in [0.25, 0.3) is 0 Å². The molecule has 0 aliphatic rings. The van der Waals surface area contributed by atoms with Crippen molar-refractivity contribution in [3.63, 3.8) is 0 Å². The molecule has 1 aromatic heterocycles. The monoisotopic (exact) mass is 240 g/mol. The Morgan fingerprint density at radius 2 is 2.00 bits per heavy atom. The van der Waals surface area contributed by atoms with Crippen molar-refractivity contribution in [3.05, 3.63) is 47.3 Å². The summed E-state index contributed by atoms with van der Waals surface area (Å²) in [6, 6.07) is 10.5. The zero-order valence-corrected chi connectivity index (χ0v) is 9.88. The van der Waals surface area contributed by atoms with E-state index in [9.17, 15) is 0 Å². The van der Waals surface area contributed by atoms with Crippen molar-refractivity contribution in [2.75, 3.05) is 5.32 Å². The van der Waals surface area contributed by atoms with Gasteiger partial charge in [-0.2, -0.15) is 5.26 Å². The van der Waals surface area contributed by atoms with Gasteiger partial charge >= 0.3 is 0 Å². The number of phenols is 1. The van der Waals surface area contributed by atoms with Crippen LogP contribution in [0, 0.1) is 18.3 Å². The van der Waals surface area contributed by atoms with Crippen LogP contribution in [0.15, 0.2) is 30.3 Å². The molecule has 0 fully saturated rings. The van der Waals surface area contributed by atoms with Crippen LogP contribution in [0.4, 0.5) is 5.95 Å². The Hall–Kier alpha value is -2.61. The van der Waals surface area contributed by atoms with Crippen LogP contribution in [0.1, 0.15) is 17.0 Å². The van der Waals surface area contributed by atoms with E-state index in [4.69, 9.17) is 10.4 Å². The fourth-order valence-electron chi connectivity index (χ4n) is 1.50. The third-order valence-electron chi connectivity index (χ3n) is 2.36. The molecule has 0 radical (unpaired) electrons. The number of benzene rings is 1. The highest BCUT2D eigenvalue weighted by atomic mass is 16.3. The Balaban J connectivity index is 2.08. The van der Waals surface area contributed by atoms with Crippen LogP contribution in [0.3, 0.4) is 0 Å². The van der Waals surface area contributed by atoms with Crippen molar-refractivity contribution in [1.29, 1.82) is 5.26 Å². The Labute approximate surface area is 105 Å². The molecule has 5 heteroatoms. The van der Waals surface area contributed by atoms with Crippen molar-refractivity contribution < 1.29 is 5.11 Å². The first-order valence-electron chi connectivity index (χ1n) is 5.45. The molecule has 0 bridgehead atoms. The fourth-order valence-corrected chi connectivity index (χ4v) is 1.50. The molecule has 0 unspecified atom stereocenters. The second-order valence-corrected chi connectivity index (χ2v) is 3.85. The van der Waals surface area contributed by atoms with Crippen LogP contribution in [0.2, 0.25) is 0 Å². The molecule has 0 atom stereocenters. The smallest absolute Gasteiger partial charge is 0.224 e. The van der Waals surface area contributed by atoms with Crippen LogP contribution < -0.4 is 5.32 Å². The van der Waals surface area contributed by atoms with Crippen LogP contribution in [-0.4, -0.2) is 15.1 Å². The number of phenolic OH excluding ortho intramolecular Hbond substituents is 1. The predicted octanol–water partition coefficient (Wildman–Crippen LogP) is 1.97. The largest absolute Gasteiger partial charge is 0.508 e. The molecule has 18 heavy (non-hydrogen) atoms. The van der Waals surface area contributed by atoms with Gasteiger partial charge in [-0.1, -0.05) is 12.1 Å². The van der Waals surface area contributed by atoms with Crippen molar-refractivity contribution in [1.82, 2.24) is 9.97 Å². The number of rotatable bonds is 3. The van der Waals surface area contributed by atoms with Crippen molar-refractivity contribution >= 4 is 5.95 Å². The van der Waals surface area contributed by atoms with Gasteiger partial charge in [0, 0.05) is 12.2 Å². The summed E-state index contributed by atoms with van der Waals surface area (Å²) < 4.78 is 0. The average molecular weight is 240 g/mol. The van der Waals surface area contributed by atoms with Gasteiger partial charge in [0.05, 0.1) is 0 Å². The molecule has 2 rings (SSSR count). The second kappa shape index (κ2) is 5.15. The predicted molar refractivity (Wildman–Crippen MR) is 66.9 cm³/mol. The number of nitrogens with one attached hydrogen (secondary N) is 1. The van der Waals surface area contributed by atoms with Gasteiger partial charge in [-0.05, 0) is 30.7 Å². The fraction of sp³-hybridized carbons (Fsp3) is 0.154. The first-order valence-corrected chi connectivity index (χ1v) is 5.45. The van der Waals surface area contributed by atoms with Crippen molar-refractivity contribution in [2.45, 2.75) is 13.5 Å². The molecule has 90 valence electrons. The maximum absolute atomic E-state index is 9.17. The molecular weight excluding hydrogens is 228 g/mol. The van der Waals surface area contributed by atoms with Gasteiger partial charge in [0.25, 0.3) is 0 Å². The summed E-state index contributed by atoms with van der Waals surface area (Å²) in [5.41, 5.74) is 2.09. The minimum Gasteiger partial charge on any atom is -0.508 e. The highest BCUT2D eigenvalue weighted by Gasteiger charge is 2.01. The molecule has 1 heterocycles. The number of anilines is 1. The molecule has 0 aliphatic carbocycles. The zero-order valence-electron chi connectivity index (χ0n) is 9.88. The number of nitriles is 1. The van der Waals surface area contributed by atoms with Gasteiger partial charge < -0.3 is 10.4 Å². The lowest BCUT2D eigenvalue weighted by Gasteiger charge is -2.06. The van der Waals surface area contributed by atoms with Gasteiger partial charge in [0.15, 0.2) is 0 Å². The van der Waals surface area contributed by atoms with Crippen LogP contribution in [-0.2, 0) is 6.54 Å². The zero-order chi connectivity index (χ0) is 13.0. The highest BCUT2D eigenvalue weighted by molar-refractivity contribution is 5.35. The summed E-state index contributed by atoms with van der Waals surface area (Å²) in [6.07, 6.45) is 0. The molecule has 1 aromatic carbocycles. The van der Waals surface area contributed by atoms with Crippen molar-refractivity contribution in [2.24, 2.45) is 0 Å². The molecule has 0 saturated carbocycles. The van der Waals surface area contributed by atoms with E-state index in [0.717, 1.165) is 11.3 Å². The van der Waals surface area contributed by atoms with Crippen LogP contribution in [0.5, 0.6) is 5.75 Å². The molecule has 5 nitrogen and oxygen atoms in total. The highest BCUT2D eigenvalue weighted by Crippen LogP contribution is 2.11. The molecule has 2 aromatic rings. The first kappa shape index (κ1) is 11.9. The van der Waals surface area contributed by atoms with E-state index in [1.165, 1.54) is 0 Å². The summed E-state index contributed by atoms with van der Waals surface area (Å²) in [4.78, 5) is 8.24. The molecule has 0 aliphatic heterocycles. The maximum Gasteiger partial charge on any atom is 0.224 e. The number of aromatic hydroxyl groups is 1. The lowest BCUT2D eigenvalue weighted by molar-refractivity contribution is 0.475. The number of hydrogen-bond donors (Lipinski definition) is 2. The van der Waals surface area contributed by atoms with Crippen molar-refractivity contribution in [3.8, 4) is 11.8 Å². The van der Waals surface area contributed by atoms with Gasteiger partial charge in [-0.3, -0.25) is 0 Å². The Bertz CT molecular complexity index is 587. The van der Waals surface area contributed by atoms with E-state index in [1.807, 2.05) is 25.1 Å². The standard InChI is InChI=1S/C13H12N4O/c1-9-6-11(7-14)17-13(16-9)15-8-10-2-4-12(18)5-3-10/h2-6,18H,8H2,1H3,(H,15,16,17). The SMILES string of the molecule is Cc1cc(C#N)nc(NCc2ccc(O)cc2)n1. The van der Waals surface area contributed by atoms with Gasteiger partial charge in [-0.15, -0.1) is 0 Å². The number of aromatic nitrogens is 2. The average Bonchev–Trinajstić information content (AvgIpc) is 2.37. The number of nitrogens with zero attached hydrogens (tertiary/aromatic N) is 3. The molecule has 0 amide bonds. The summed E-state index contributed by atoms with van der Waals surface area (Å²) >= 11 is 0. The van der Waals surface area contributed by atoms with E-state index in [1.54, 1.807) is 18.2 Å². The maximum atomic E-state index is 9.17. The molecule has 2 N–H and O–H groups in total. The number of aryl methyl sites for hydroxylation is 1. The topological polar surface area (TPSA) is 81.8 Å². The van der Waals surface area contributed by atoms with E-state index >= 15 is 0 Å². The summed E-state index contributed by atoms with van der Waals surface area (Å²) in [6.45, 7) is 2.35. The van der Waals surface area contributed by atoms with Crippen LogP contribution >= 0.6 is 0 Å². The molecule has 0 saturated heterocycles. The summed E-state index contributed by atoms with van der Waals surface area (Å²) in [5, 5.41) is 21.0. The van der Waals surface area contributed by atoms with Gasteiger partial charge in [-0.25, -0.2) is 9.97 Å². The van der Waals surface area contributed by atoms with E-state index in [-0.39, 0.29) is 5.75 Å². The summed E-state index contributed by atoms with van der Waals surface area (Å²) in [7, 11) is 0. The lowest BCUT2D eigenvalue weighted by atomic mass is 10.2. The van der Waals surface area contributed by atoms with Gasteiger partial charge in [0.2, 0.25) is 5.95 Å². The normalized spacial score (nSPS) is 9.78. The second-order valence-electron chi connectivity index (χ2n) is 3.85. The number of hydrogen-bond acceptors (Lipinski definition) is 5.